The van der Waals surface area contributed by atoms with Crippen LogP contribution >= 0.6 is 0 Å². The first-order valence-corrected chi connectivity index (χ1v) is 21.1. The molecule has 0 aliphatic rings. The summed E-state index contributed by atoms with van der Waals surface area (Å²) in [6, 6.07) is 56.5. The molecule has 8 nitrogen and oxygen atoms in total. The van der Waals surface area contributed by atoms with Crippen LogP contribution in [0.25, 0.3) is 21.8 Å². The Morgan fingerprint density at radius 1 is 0.318 bits per heavy atom. The standard InChI is InChI=1S/C57H38N2O6.Eu/c60-52(37-20-7-1-8-21-37)46(53(61)38-22-9-2-10-23-38)44-43-34-33-36-32-19-35-58-49(36)50(43)59-51(48(56(64)41-28-15-5-16-29-41)57(65)42-30-17-6-18-31-42)45(44)47(54(62)39-24-11-3-12-25-39)55(63)40-26-13-4-14-27-40;/h1-35,46-48H;/q;+3. The van der Waals surface area contributed by atoms with Crippen LogP contribution in [0.5, 0.6) is 0 Å². The maximum atomic E-state index is 15.6. The molecule has 0 aliphatic carbocycles. The summed E-state index contributed by atoms with van der Waals surface area (Å²) in [5.41, 5.74) is 0.973. The molecular weight excluding hydrogens is 961 g/mol. The van der Waals surface area contributed by atoms with Gasteiger partial charge >= 0.3 is 49.4 Å². The SMILES string of the molecule is O=C(c1ccccc1)C(C(=O)c1ccccc1)c1nc2c(ccc3cccnc32)c(C(C(=O)c2ccccc2)C(=O)c2ccccc2)c1C(C(=O)c1ccccc1)C(=O)c1ccccc1.[Eu+3]. The second kappa shape index (κ2) is 20.4. The average Bonchev–Trinajstić information content (AvgIpc) is 3.38. The Bertz CT molecular complexity index is 3100. The Hall–Kier alpha value is -7.04. The van der Waals surface area contributed by atoms with Crippen LogP contribution in [-0.2, 0) is 0 Å². The summed E-state index contributed by atoms with van der Waals surface area (Å²) in [6.07, 6.45) is 1.57. The van der Waals surface area contributed by atoms with Gasteiger partial charge in [-0.2, -0.15) is 0 Å². The van der Waals surface area contributed by atoms with Crippen molar-refractivity contribution in [1.82, 2.24) is 9.97 Å². The maximum Gasteiger partial charge on any atom is 3.00 e. The van der Waals surface area contributed by atoms with Crippen molar-refractivity contribution in [2.24, 2.45) is 0 Å². The maximum absolute atomic E-state index is 15.6. The number of fused-ring (bicyclic) bond motifs is 3. The molecule has 316 valence electrons. The number of pyridine rings is 2. The summed E-state index contributed by atoms with van der Waals surface area (Å²) in [5.74, 6) is -9.41. The summed E-state index contributed by atoms with van der Waals surface area (Å²) >= 11 is 0. The molecule has 2 aromatic heterocycles. The van der Waals surface area contributed by atoms with Gasteiger partial charge in [0.2, 0.25) is 0 Å². The molecule has 66 heavy (non-hydrogen) atoms. The van der Waals surface area contributed by atoms with Crippen LogP contribution in [0.4, 0.5) is 0 Å². The van der Waals surface area contributed by atoms with Crippen LogP contribution in [0, 0.1) is 49.4 Å². The van der Waals surface area contributed by atoms with Crippen LogP contribution in [0.2, 0.25) is 0 Å². The van der Waals surface area contributed by atoms with E-state index < -0.39 is 52.5 Å². The van der Waals surface area contributed by atoms with Crippen molar-refractivity contribution in [3.63, 3.8) is 0 Å². The zero-order valence-electron chi connectivity index (χ0n) is 35.2. The number of rotatable bonds is 15. The normalized spacial score (nSPS) is 11.1. The quantitative estimate of drug-likeness (QED) is 0.0564. The number of aromatic nitrogens is 2. The molecule has 0 saturated carbocycles. The molecule has 0 unspecified atom stereocenters. The Balaban J connectivity index is 0.00000592. The van der Waals surface area contributed by atoms with E-state index in [-0.39, 0.29) is 110 Å². The third kappa shape index (κ3) is 8.98. The van der Waals surface area contributed by atoms with Crippen LogP contribution < -0.4 is 0 Å². The number of hydrogen-bond donors (Lipinski definition) is 0. The largest absolute Gasteiger partial charge is 3.00 e. The Kier molecular flexibility index (Phi) is 14.1. The Morgan fingerprint density at radius 2 is 0.636 bits per heavy atom. The van der Waals surface area contributed by atoms with Gasteiger partial charge < -0.3 is 0 Å². The molecule has 9 aromatic rings. The minimum atomic E-state index is -1.84. The monoisotopic (exact) mass is 999 g/mol. The van der Waals surface area contributed by atoms with Gasteiger partial charge in [-0.25, -0.2) is 4.98 Å². The average molecular weight is 999 g/mol. The number of carbonyl (C=O) groups excluding carboxylic acids is 6. The molecule has 0 bridgehead atoms. The van der Waals surface area contributed by atoms with E-state index in [1.54, 1.807) is 206 Å². The third-order valence-corrected chi connectivity index (χ3v) is 11.6. The van der Waals surface area contributed by atoms with Crippen molar-refractivity contribution in [3.8, 4) is 0 Å². The van der Waals surface area contributed by atoms with Gasteiger partial charge in [-0.05, 0) is 17.2 Å². The summed E-state index contributed by atoms with van der Waals surface area (Å²) in [4.78, 5) is 103. The van der Waals surface area contributed by atoms with E-state index in [0.717, 1.165) is 0 Å². The topological polar surface area (TPSA) is 128 Å². The fourth-order valence-electron chi connectivity index (χ4n) is 8.50. The molecule has 0 aliphatic heterocycles. The van der Waals surface area contributed by atoms with E-state index in [9.17, 15) is 0 Å². The number of Topliss-reactive ketones (excluding diaryl/α,β-unsaturated/α-hetero) is 6. The van der Waals surface area contributed by atoms with Crippen LogP contribution in [0.3, 0.4) is 0 Å². The summed E-state index contributed by atoms with van der Waals surface area (Å²) in [6.45, 7) is 0. The van der Waals surface area contributed by atoms with Gasteiger partial charge in [0.1, 0.15) is 17.8 Å². The zero-order chi connectivity index (χ0) is 44.9. The second-order valence-electron chi connectivity index (χ2n) is 15.5. The van der Waals surface area contributed by atoms with E-state index in [2.05, 4.69) is 0 Å². The molecule has 0 amide bonds. The molecule has 9 heteroatoms. The minimum absolute atomic E-state index is 0. The molecule has 0 spiro atoms. The number of carbonyl (C=O) groups is 6. The fraction of sp³-hybridized carbons (Fsp3) is 0.0526. The number of hydrogen-bond acceptors (Lipinski definition) is 8. The summed E-state index contributed by atoms with van der Waals surface area (Å²) in [7, 11) is 0. The van der Waals surface area contributed by atoms with Crippen molar-refractivity contribution in [2.75, 3.05) is 0 Å². The fourth-order valence-corrected chi connectivity index (χ4v) is 8.50. The van der Waals surface area contributed by atoms with Gasteiger partial charge in [-0.1, -0.05) is 200 Å². The van der Waals surface area contributed by atoms with Crippen molar-refractivity contribution >= 4 is 56.5 Å². The van der Waals surface area contributed by atoms with Gasteiger partial charge in [0.15, 0.2) is 34.7 Å². The number of benzene rings is 7. The molecule has 0 atom stereocenters. The minimum Gasteiger partial charge on any atom is -0.293 e. The van der Waals surface area contributed by atoms with Gasteiger partial charge in [0, 0.05) is 50.4 Å². The third-order valence-electron chi connectivity index (χ3n) is 11.6. The van der Waals surface area contributed by atoms with Gasteiger partial charge in [-0.15, -0.1) is 0 Å². The van der Waals surface area contributed by atoms with Crippen molar-refractivity contribution in [1.29, 1.82) is 0 Å². The molecule has 9 rings (SSSR count). The molecular formula is C57H38EuN2O6+3. The first-order valence-electron chi connectivity index (χ1n) is 21.1. The number of nitrogens with zero attached hydrogens (tertiary/aromatic N) is 2. The van der Waals surface area contributed by atoms with Gasteiger partial charge in [0.25, 0.3) is 0 Å². The molecule has 0 saturated heterocycles. The van der Waals surface area contributed by atoms with Gasteiger partial charge in [0.05, 0.1) is 16.7 Å². The molecule has 0 fully saturated rings. The summed E-state index contributed by atoms with van der Waals surface area (Å²) < 4.78 is 0. The first kappa shape index (κ1) is 45.5. The van der Waals surface area contributed by atoms with Crippen molar-refractivity contribution in [2.45, 2.75) is 17.8 Å². The van der Waals surface area contributed by atoms with Crippen LogP contribution in [-0.4, -0.2) is 44.7 Å². The van der Waals surface area contributed by atoms with E-state index in [1.807, 2.05) is 6.07 Å². The van der Waals surface area contributed by atoms with E-state index in [1.165, 1.54) is 0 Å². The van der Waals surface area contributed by atoms with Crippen molar-refractivity contribution in [3.05, 3.63) is 263 Å². The van der Waals surface area contributed by atoms with Crippen molar-refractivity contribution < 1.29 is 78.1 Å². The second-order valence-corrected chi connectivity index (χ2v) is 15.5. The van der Waals surface area contributed by atoms with E-state index in [4.69, 9.17) is 9.97 Å². The first-order chi connectivity index (χ1) is 31.8. The predicted octanol–water partition coefficient (Wildman–Crippen LogP) is 11.3. The number of ketones is 6. The van der Waals surface area contributed by atoms with E-state index >= 15 is 28.8 Å². The Morgan fingerprint density at radius 3 is 0.985 bits per heavy atom. The predicted molar refractivity (Wildman–Crippen MR) is 250 cm³/mol. The summed E-state index contributed by atoms with van der Waals surface area (Å²) in [5, 5.41) is 0.869. The molecule has 0 radical (unpaired) electrons. The van der Waals surface area contributed by atoms with Crippen LogP contribution in [0.15, 0.2) is 212 Å². The smallest absolute Gasteiger partial charge is 0.293 e. The van der Waals surface area contributed by atoms with Crippen LogP contribution in [0.1, 0.15) is 96.7 Å². The Labute approximate surface area is 421 Å². The molecule has 2 heterocycles. The van der Waals surface area contributed by atoms with Gasteiger partial charge in [-0.3, -0.25) is 33.8 Å². The van der Waals surface area contributed by atoms with E-state index in [0.29, 0.717) is 10.9 Å². The molecule has 7 aromatic carbocycles. The zero-order valence-corrected chi connectivity index (χ0v) is 37.6. The molecule has 0 N–H and O–H groups in total.